The van der Waals surface area contributed by atoms with Crippen LogP contribution in [0.1, 0.15) is 39.9 Å². The molecule has 0 radical (unpaired) electrons. The van der Waals surface area contributed by atoms with Gasteiger partial charge < -0.3 is 19.9 Å². The lowest BCUT2D eigenvalue weighted by molar-refractivity contribution is 0.0695. The fourth-order valence-electron chi connectivity index (χ4n) is 4.30. The van der Waals surface area contributed by atoms with Crippen LogP contribution in [0.2, 0.25) is 5.02 Å². The molecule has 2 heterocycles. The first-order valence-electron chi connectivity index (χ1n) is 8.52. The Morgan fingerprint density at radius 3 is 2.88 bits per heavy atom. The molecule has 3 aliphatic rings. The van der Waals surface area contributed by atoms with Crippen molar-refractivity contribution in [3.8, 4) is 11.5 Å². The maximum absolute atomic E-state index is 11.7. The van der Waals surface area contributed by atoms with Gasteiger partial charge in [-0.1, -0.05) is 29.8 Å². The Balaban J connectivity index is 1.64. The number of nitrogens with one attached hydrogen (secondary N) is 1. The highest BCUT2D eigenvalue weighted by Gasteiger charge is 2.41. The van der Waals surface area contributed by atoms with E-state index >= 15 is 0 Å². The zero-order chi connectivity index (χ0) is 17.8. The Labute approximate surface area is 155 Å². The number of hydrogen-bond acceptors (Lipinski definition) is 4. The first kappa shape index (κ1) is 15.6. The van der Waals surface area contributed by atoms with Gasteiger partial charge >= 0.3 is 5.97 Å². The number of aromatic carboxylic acids is 1. The number of carboxylic acids is 1. The number of benzene rings is 2. The number of anilines is 1. The zero-order valence-electron chi connectivity index (χ0n) is 13.7. The summed E-state index contributed by atoms with van der Waals surface area (Å²) in [4.78, 5) is 11.7. The molecule has 5 nitrogen and oxygen atoms in total. The molecule has 2 aromatic rings. The predicted octanol–water partition coefficient (Wildman–Crippen LogP) is 4.59. The zero-order valence-corrected chi connectivity index (χ0v) is 14.5. The van der Waals surface area contributed by atoms with E-state index in [-0.39, 0.29) is 24.7 Å². The van der Waals surface area contributed by atoms with E-state index in [1.54, 1.807) is 12.1 Å². The largest absolute Gasteiger partial charge is 0.478 e. The fourth-order valence-corrected chi connectivity index (χ4v) is 4.52. The molecule has 0 fully saturated rings. The topological polar surface area (TPSA) is 67.8 Å². The maximum Gasteiger partial charge on any atom is 0.336 e. The van der Waals surface area contributed by atoms with E-state index < -0.39 is 5.97 Å². The van der Waals surface area contributed by atoms with E-state index in [2.05, 4.69) is 17.5 Å². The number of rotatable bonds is 2. The van der Waals surface area contributed by atoms with Crippen LogP contribution in [0, 0.1) is 5.92 Å². The molecule has 3 atom stereocenters. The lowest BCUT2D eigenvalue weighted by Gasteiger charge is -2.38. The van der Waals surface area contributed by atoms with Crippen molar-refractivity contribution in [3.63, 3.8) is 0 Å². The van der Waals surface area contributed by atoms with Crippen LogP contribution in [-0.2, 0) is 0 Å². The minimum atomic E-state index is -0.930. The molecule has 0 spiro atoms. The SMILES string of the molecule is O=C(O)c1ccc(Cl)c2c1[C@@H]1C=CC[C@@H]1[C@H](c1ccc3c(c1)OCO3)N2. The number of allylic oxidation sites excluding steroid dienone is 2. The van der Waals surface area contributed by atoms with E-state index in [1.807, 2.05) is 18.2 Å². The molecular formula is C20H16ClNO4. The molecule has 6 heteroatoms. The summed E-state index contributed by atoms with van der Waals surface area (Å²) in [6, 6.07) is 9.19. The Morgan fingerprint density at radius 1 is 1.19 bits per heavy atom. The summed E-state index contributed by atoms with van der Waals surface area (Å²) in [5, 5.41) is 13.7. The standard InChI is InChI=1S/C20H16ClNO4/c21-14-6-5-13(20(23)24)17-11-2-1-3-12(11)18(22-19(14)17)10-4-7-15-16(8-10)26-9-25-15/h1-2,4-8,11-12,18,22H,3,9H2,(H,23,24)/t11-,12+,18+/m1/s1. The van der Waals surface area contributed by atoms with Crippen LogP contribution in [0.3, 0.4) is 0 Å². The number of hydrogen-bond donors (Lipinski definition) is 2. The first-order chi connectivity index (χ1) is 12.6. The van der Waals surface area contributed by atoms with Gasteiger partial charge in [-0.25, -0.2) is 4.79 Å². The van der Waals surface area contributed by atoms with E-state index in [0.717, 1.165) is 29.0 Å². The molecule has 0 amide bonds. The van der Waals surface area contributed by atoms with Crippen molar-refractivity contribution < 1.29 is 19.4 Å². The van der Waals surface area contributed by atoms with Crippen molar-refractivity contribution in [2.24, 2.45) is 5.92 Å². The molecule has 0 saturated heterocycles. The Kier molecular flexibility index (Phi) is 3.40. The molecule has 0 aromatic heterocycles. The van der Waals surface area contributed by atoms with Gasteiger partial charge in [0.15, 0.2) is 11.5 Å². The van der Waals surface area contributed by atoms with E-state index in [0.29, 0.717) is 16.3 Å². The third kappa shape index (κ3) is 2.20. The molecule has 2 N–H and O–H groups in total. The Morgan fingerprint density at radius 2 is 2.04 bits per heavy atom. The number of halogens is 1. The molecule has 0 saturated carbocycles. The Hall–Kier alpha value is -2.66. The van der Waals surface area contributed by atoms with Crippen LogP contribution in [0.15, 0.2) is 42.5 Å². The van der Waals surface area contributed by atoms with Gasteiger partial charge in [-0.3, -0.25) is 0 Å². The molecule has 1 aliphatic carbocycles. The van der Waals surface area contributed by atoms with Crippen LogP contribution < -0.4 is 14.8 Å². The average Bonchev–Trinajstić information content (AvgIpc) is 3.29. The second kappa shape index (κ2) is 5.68. The second-order valence-corrected chi connectivity index (χ2v) is 7.18. The molecule has 132 valence electrons. The molecule has 2 aromatic carbocycles. The summed E-state index contributed by atoms with van der Waals surface area (Å²) in [5.41, 5.74) is 2.88. The predicted molar refractivity (Wildman–Crippen MR) is 97.3 cm³/mol. The Bertz CT molecular complexity index is 955. The highest BCUT2D eigenvalue weighted by Crippen LogP contribution is 2.53. The summed E-state index contributed by atoms with van der Waals surface area (Å²) in [5.74, 6) is 0.798. The van der Waals surface area contributed by atoms with Crippen molar-refractivity contribution in [2.45, 2.75) is 18.4 Å². The van der Waals surface area contributed by atoms with E-state index in [4.69, 9.17) is 21.1 Å². The number of ether oxygens (including phenoxy) is 2. The number of carbonyl (C=O) groups is 1. The molecule has 0 unspecified atom stereocenters. The van der Waals surface area contributed by atoms with E-state index in [9.17, 15) is 9.90 Å². The summed E-state index contributed by atoms with van der Waals surface area (Å²) < 4.78 is 10.9. The van der Waals surface area contributed by atoms with Crippen molar-refractivity contribution in [1.82, 2.24) is 0 Å². The normalized spacial score (nSPS) is 24.7. The third-order valence-corrected chi connectivity index (χ3v) is 5.77. The van der Waals surface area contributed by atoms with Gasteiger partial charge in [-0.15, -0.1) is 0 Å². The monoisotopic (exact) mass is 369 g/mol. The van der Waals surface area contributed by atoms with Crippen LogP contribution in [-0.4, -0.2) is 17.9 Å². The minimum Gasteiger partial charge on any atom is -0.478 e. The number of fused-ring (bicyclic) bond motifs is 4. The lowest BCUT2D eigenvalue weighted by Crippen LogP contribution is -2.30. The number of carboxylic acid groups (broad SMARTS) is 1. The molecule has 2 aliphatic heterocycles. The van der Waals surface area contributed by atoms with Crippen LogP contribution >= 0.6 is 11.6 Å². The molecular weight excluding hydrogens is 354 g/mol. The minimum absolute atomic E-state index is 0.0125. The maximum atomic E-state index is 11.7. The first-order valence-corrected chi connectivity index (χ1v) is 8.89. The van der Waals surface area contributed by atoms with Gasteiger partial charge in [-0.2, -0.15) is 0 Å². The summed E-state index contributed by atoms with van der Waals surface area (Å²) >= 11 is 6.43. The average molecular weight is 370 g/mol. The summed E-state index contributed by atoms with van der Waals surface area (Å²) in [6.45, 7) is 0.237. The molecule has 26 heavy (non-hydrogen) atoms. The van der Waals surface area contributed by atoms with Crippen LogP contribution in [0.25, 0.3) is 0 Å². The van der Waals surface area contributed by atoms with Crippen molar-refractivity contribution in [1.29, 1.82) is 0 Å². The highest BCUT2D eigenvalue weighted by atomic mass is 35.5. The van der Waals surface area contributed by atoms with Gasteiger partial charge in [0.25, 0.3) is 0 Å². The molecule has 0 bridgehead atoms. The smallest absolute Gasteiger partial charge is 0.336 e. The molecule has 5 rings (SSSR count). The summed E-state index contributed by atoms with van der Waals surface area (Å²) in [7, 11) is 0. The second-order valence-electron chi connectivity index (χ2n) is 6.78. The van der Waals surface area contributed by atoms with Gasteiger partial charge in [0, 0.05) is 5.92 Å². The van der Waals surface area contributed by atoms with Gasteiger partial charge in [0.1, 0.15) is 0 Å². The lowest BCUT2D eigenvalue weighted by atomic mass is 9.75. The van der Waals surface area contributed by atoms with Gasteiger partial charge in [0.05, 0.1) is 22.3 Å². The quantitative estimate of drug-likeness (QED) is 0.757. The fraction of sp³-hybridized carbons (Fsp3) is 0.250. The van der Waals surface area contributed by atoms with Crippen molar-refractivity contribution in [2.75, 3.05) is 12.1 Å². The third-order valence-electron chi connectivity index (χ3n) is 5.46. The van der Waals surface area contributed by atoms with Crippen LogP contribution in [0.5, 0.6) is 11.5 Å². The highest BCUT2D eigenvalue weighted by molar-refractivity contribution is 6.33. The van der Waals surface area contributed by atoms with Crippen molar-refractivity contribution in [3.05, 3.63) is 64.2 Å². The van der Waals surface area contributed by atoms with Crippen LogP contribution in [0.4, 0.5) is 5.69 Å². The van der Waals surface area contributed by atoms with Gasteiger partial charge in [0.2, 0.25) is 6.79 Å². The van der Waals surface area contributed by atoms with E-state index in [1.165, 1.54) is 0 Å². The summed E-state index contributed by atoms with van der Waals surface area (Å²) in [6.07, 6.45) is 5.10. The van der Waals surface area contributed by atoms with Gasteiger partial charge in [-0.05, 0) is 47.7 Å². The van der Waals surface area contributed by atoms with Crippen molar-refractivity contribution >= 4 is 23.3 Å².